The Morgan fingerprint density at radius 1 is 1.46 bits per heavy atom. The Morgan fingerprint density at radius 2 is 2.15 bits per heavy atom. The summed E-state index contributed by atoms with van der Waals surface area (Å²) in [7, 11) is 0. The number of anilines is 1. The van der Waals surface area contributed by atoms with Crippen LogP contribution in [0, 0.1) is 11.8 Å². The minimum absolute atomic E-state index is 0.266. The number of alkyl halides is 2. The van der Waals surface area contributed by atoms with Crippen molar-refractivity contribution in [1.82, 2.24) is 14.4 Å². The van der Waals surface area contributed by atoms with Crippen LogP contribution in [-0.4, -0.2) is 31.5 Å². The van der Waals surface area contributed by atoms with Crippen LogP contribution in [0.5, 0.6) is 0 Å². The molecule has 0 fully saturated rings. The van der Waals surface area contributed by atoms with Crippen LogP contribution >= 0.6 is 0 Å². The number of nitrogen functional groups attached to an aromatic ring is 1. The first-order valence-electron chi connectivity index (χ1n) is 8.34. The zero-order valence-electron chi connectivity index (χ0n) is 14.9. The molecule has 3 atom stereocenters. The summed E-state index contributed by atoms with van der Waals surface area (Å²) in [5, 5.41) is 10.3. The van der Waals surface area contributed by atoms with Gasteiger partial charge in [-0.1, -0.05) is 25.7 Å². The number of imidazole rings is 1. The number of rotatable bonds is 4. The van der Waals surface area contributed by atoms with Gasteiger partial charge in [0.1, 0.15) is 5.60 Å². The molecule has 138 valence electrons. The summed E-state index contributed by atoms with van der Waals surface area (Å²) in [5.41, 5.74) is 7.42. The lowest BCUT2D eigenvalue weighted by atomic mass is 9.72. The Kier molecular flexibility index (Phi) is 4.44. The predicted octanol–water partition coefficient (Wildman–Crippen LogP) is 3.57. The standard InChI is InChI=1S/C19H22F2N4O/c1-5-12-9-25-14(8-23-17(25)16(22)24-12)15-10(2)6-7-13(11(15)3)19(4,26)18(20)21/h5-9,11,13,18,26H,1H2,2-4H3,(H2,22,24). The lowest BCUT2D eigenvalue weighted by Crippen LogP contribution is -2.45. The molecule has 2 heterocycles. The zero-order valence-corrected chi connectivity index (χ0v) is 14.9. The third-order valence-corrected chi connectivity index (χ3v) is 5.11. The van der Waals surface area contributed by atoms with E-state index < -0.39 is 17.9 Å². The summed E-state index contributed by atoms with van der Waals surface area (Å²) in [6.07, 6.45) is 5.57. The van der Waals surface area contributed by atoms with E-state index in [0.29, 0.717) is 11.3 Å². The van der Waals surface area contributed by atoms with Gasteiger partial charge in [-0.05, 0) is 37.0 Å². The first-order valence-corrected chi connectivity index (χ1v) is 8.34. The molecule has 26 heavy (non-hydrogen) atoms. The van der Waals surface area contributed by atoms with Gasteiger partial charge in [-0.2, -0.15) is 0 Å². The Bertz CT molecular complexity index is 927. The van der Waals surface area contributed by atoms with Crippen LogP contribution in [0.2, 0.25) is 0 Å². The fourth-order valence-electron chi connectivity index (χ4n) is 3.65. The van der Waals surface area contributed by atoms with Crippen molar-refractivity contribution >= 4 is 23.1 Å². The van der Waals surface area contributed by atoms with Gasteiger partial charge < -0.3 is 10.8 Å². The first kappa shape index (κ1) is 18.3. The lowest BCUT2D eigenvalue weighted by Gasteiger charge is -2.38. The SMILES string of the molecule is C=Cc1cn2c(C3=C(C)C=CC(C(C)(O)C(F)F)C3C)cnc2c(N)n1. The highest BCUT2D eigenvalue weighted by atomic mass is 19.3. The molecule has 0 aliphatic heterocycles. The maximum atomic E-state index is 13.4. The Labute approximate surface area is 150 Å². The van der Waals surface area contributed by atoms with E-state index in [1.54, 1.807) is 35.0 Å². The number of allylic oxidation sites excluding steroid dienone is 3. The Balaban J connectivity index is 2.17. The van der Waals surface area contributed by atoms with E-state index in [4.69, 9.17) is 5.73 Å². The molecule has 0 radical (unpaired) electrons. The summed E-state index contributed by atoms with van der Waals surface area (Å²) in [6.45, 7) is 8.63. The fraction of sp³-hybridized carbons (Fsp3) is 0.368. The third-order valence-electron chi connectivity index (χ3n) is 5.11. The average Bonchev–Trinajstić information content (AvgIpc) is 2.98. The number of nitrogens with two attached hydrogens (primary N) is 1. The van der Waals surface area contributed by atoms with Crippen LogP contribution in [0.15, 0.2) is 36.7 Å². The molecule has 5 nitrogen and oxygen atoms in total. The molecular formula is C19H22F2N4O. The van der Waals surface area contributed by atoms with Crippen LogP contribution in [0.4, 0.5) is 14.6 Å². The molecule has 2 aromatic rings. The molecule has 0 saturated heterocycles. The maximum Gasteiger partial charge on any atom is 0.267 e. The summed E-state index contributed by atoms with van der Waals surface area (Å²) in [5.74, 6) is -0.808. The molecule has 0 saturated carbocycles. The van der Waals surface area contributed by atoms with Crippen LogP contribution < -0.4 is 5.73 Å². The minimum Gasteiger partial charge on any atom is -0.384 e. The van der Waals surface area contributed by atoms with Crippen LogP contribution in [-0.2, 0) is 0 Å². The number of fused-ring (bicyclic) bond motifs is 1. The second-order valence-corrected chi connectivity index (χ2v) is 6.89. The molecule has 0 spiro atoms. The highest BCUT2D eigenvalue weighted by Crippen LogP contribution is 2.43. The highest BCUT2D eigenvalue weighted by molar-refractivity contribution is 5.76. The molecule has 0 bridgehead atoms. The van der Waals surface area contributed by atoms with Gasteiger partial charge in [0.05, 0.1) is 17.6 Å². The van der Waals surface area contributed by atoms with E-state index >= 15 is 0 Å². The van der Waals surface area contributed by atoms with E-state index in [1.165, 1.54) is 6.92 Å². The molecular weight excluding hydrogens is 338 g/mol. The largest absolute Gasteiger partial charge is 0.384 e. The maximum absolute atomic E-state index is 13.4. The van der Waals surface area contributed by atoms with Crippen molar-refractivity contribution in [3.63, 3.8) is 0 Å². The van der Waals surface area contributed by atoms with Crippen LogP contribution in [0.3, 0.4) is 0 Å². The Morgan fingerprint density at radius 3 is 2.77 bits per heavy atom. The van der Waals surface area contributed by atoms with E-state index in [-0.39, 0.29) is 11.7 Å². The second-order valence-electron chi connectivity index (χ2n) is 6.89. The van der Waals surface area contributed by atoms with Crippen molar-refractivity contribution in [3.8, 4) is 0 Å². The number of aliphatic hydroxyl groups is 1. The summed E-state index contributed by atoms with van der Waals surface area (Å²) in [4.78, 5) is 8.53. The number of aromatic nitrogens is 3. The molecule has 0 aromatic carbocycles. The van der Waals surface area contributed by atoms with Gasteiger partial charge in [-0.25, -0.2) is 18.7 Å². The quantitative estimate of drug-likeness (QED) is 0.874. The van der Waals surface area contributed by atoms with Crippen molar-refractivity contribution in [1.29, 1.82) is 0 Å². The van der Waals surface area contributed by atoms with E-state index in [1.807, 2.05) is 13.8 Å². The molecule has 0 amide bonds. The van der Waals surface area contributed by atoms with Gasteiger partial charge in [-0.15, -0.1) is 0 Å². The number of halogens is 2. The van der Waals surface area contributed by atoms with Crippen LogP contribution in [0.25, 0.3) is 17.3 Å². The van der Waals surface area contributed by atoms with Gasteiger partial charge in [0.15, 0.2) is 11.5 Å². The fourth-order valence-corrected chi connectivity index (χ4v) is 3.65. The predicted molar refractivity (Wildman–Crippen MR) is 98.5 cm³/mol. The van der Waals surface area contributed by atoms with Gasteiger partial charge in [0.25, 0.3) is 6.43 Å². The van der Waals surface area contributed by atoms with Crippen molar-refractivity contribution < 1.29 is 13.9 Å². The summed E-state index contributed by atoms with van der Waals surface area (Å²) >= 11 is 0. The molecule has 1 aliphatic rings. The topological polar surface area (TPSA) is 76.4 Å². The molecule has 1 aliphatic carbocycles. The first-order chi connectivity index (χ1) is 12.2. The van der Waals surface area contributed by atoms with Crippen molar-refractivity contribution in [2.75, 3.05) is 5.73 Å². The summed E-state index contributed by atoms with van der Waals surface area (Å²) < 4.78 is 28.6. The molecule has 3 unspecified atom stereocenters. The van der Waals surface area contributed by atoms with Gasteiger partial charge in [0.2, 0.25) is 0 Å². The summed E-state index contributed by atoms with van der Waals surface area (Å²) in [6, 6.07) is 0. The van der Waals surface area contributed by atoms with E-state index in [2.05, 4.69) is 16.5 Å². The second kappa shape index (κ2) is 6.32. The number of hydrogen-bond acceptors (Lipinski definition) is 4. The number of nitrogens with zero attached hydrogens (tertiary/aromatic N) is 3. The molecule has 2 aromatic heterocycles. The van der Waals surface area contributed by atoms with Crippen LogP contribution in [0.1, 0.15) is 32.2 Å². The van der Waals surface area contributed by atoms with Gasteiger partial charge in [-0.3, -0.25) is 4.40 Å². The average molecular weight is 360 g/mol. The molecule has 3 N–H and O–H groups in total. The van der Waals surface area contributed by atoms with Gasteiger partial charge in [0, 0.05) is 12.1 Å². The lowest BCUT2D eigenvalue weighted by molar-refractivity contribution is -0.115. The van der Waals surface area contributed by atoms with Crippen molar-refractivity contribution in [2.24, 2.45) is 11.8 Å². The normalized spacial score (nSPS) is 22.9. The molecule has 3 rings (SSSR count). The van der Waals surface area contributed by atoms with Crippen molar-refractivity contribution in [2.45, 2.75) is 32.8 Å². The number of hydrogen-bond donors (Lipinski definition) is 2. The smallest absolute Gasteiger partial charge is 0.267 e. The van der Waals surface area contributed by atoms with Gasteiger partial charge >= 0.3 is 0 Å². The minimum atomic E-state index is -2.85. The zero-order chi connectivity index (χ0) is 19.2. The monoisotopic (exact) mass is 360 g/mol. The van der Waals surface area contributed by atoms with Crippen molar-refractivity contribution in [3.05, 3.63) is 48.1 Å². The third kappa shape index (κ3) is 2.72. The van der Waals surface area contributed by atoms with E-state index in [0.717, 1.165) is 16.8 Å². The highest BCUT2D eigenvalue weighted by Gasteiger charge is 2.44. The Hall–Kier alpha value is -2.54. The molecule has 7 heteroatoms. The van der Waals surface area contributed by atoms with E-state index in [9.17, 15) is 13.9 Å².